The van der Waals surface area contributed by atoms with E-state index in [1.165, 1.54) is 0 Å². The molecule has 202 valence electrons. The summed E-state index contributed by atoms with van der Waals surface area (Å²) in [7, 11) is 3.23. The number of amides is 1. The molecule has 0 radical (unpaired) electrons. The number of ketones is 1. The average Bonchev–Trinajstić information content (AvgIpc) is 3.37. The van der Waals surface area contributed by atoms with Crippen LogP contribution in [0.4, 0.5) is 0 Å². The predicted octanol–water partition coefficient (Wildman–Crippen LogP) is 2.94. The highest BCUT2D eigenvalue weighted by Gasteiger charge is 2.37. The lowest BCUT2D eigenvalue weighted by Crippen LogP contribution is -2.47. The Balaban J connectivity index is 1.71. The molecular formula is C29H41N3O5. The maximum Gasteiger partial charge on any atom is 0.254 e. The highest BCUT2D eigenvalue weighted by Crippen LogP contribution is 2.30. The Bertz CT molecular complexity index is 1010. The Hall–Kier alpha value is -2.94. The van der Waals surface area contributed by atoms with Gasteiger partial charge >= 0.3 is 0 Å². The topological polar surface area (TPSA) is 103 Å². The molecule has 0 saturated carbocycles. The Kier molecular flexibility index (Phi) is 10.9. The van der Waals surface area contributed by atoms with E-state index in [4.69, 9.17) is 19.9 Å². The quantitative estimate of drug-likeness (QED) is 0.376. The number of ether oxygens (including phenoxy) is 3. The van der Waals surface area contributed by atoms with E-state index in [1.54, 1.807) is 32.4 Å². The van der Waals surface area contributed by atoms with Gasteiger partial charge in [-0.1, -0.05) is 30.3 Å². The highest BCUT2D eigenvalue weighted by atomic mass is 16.5. The molecule has 1 fully saturated rings. The highest BCUT2D eigenvalue weighted by molar-refractivity contribution is 5.95. The lowest BCUT2D eigenvalue weighted by atomic mass is 9.85. The van der Waals surface area contributed by atoms with Gasteiger partial charge in [0, 0.05) is 57.8 Å². The normalized spacial score (nSPS) is 18.0. The van der Waals surface area contributed by atoms with Crippen LogP contribution < -0.4 is 20.5 Å². The minimum absolute atomic E-state index is 0.0257. The van der Waals surface area contributed by atoms with Crippen molar-refractivity contribution in [2.24, 2.45) is 17.6 Å². The van der Waals surface area contributed by atoms with E-state index in [1.807, 2.05) is 49.1 Å². The zero-order chi connectivity index (χ0) is 26.8. The molecule has 2 aromatic carbocycles. The van der Waals surface area contributed by atoms with Gasteiger partial charge in [-0.3, -0.25) is 9.59 Å². The average molecular weight is 512 g/mol. The summed E-state index contributed by atoms with van der Waals surface area (Å²) in [5, 5.41) is 3.39. The number of benzene rings is 2. The lowest BCUT2D eigenvalue weighted by Gasteiger charge is -2.33. The number of carbonyl (C=O) groups excluding carboxylic acids is 2. The van der Waals surface area contributed by atoms with Gasteiger partial charge < -0.3 is 30.2 Å². The summed E-state index contributed by atoms with van der Waals surface area (Å²) in [6.45, 7) is 6.94. The zero-order valence-electron chi connectivity index (χ0n) is 22.4. The molecule has 3 rings (SSSR count). The van der Waals surface area contributed by atoms with Crippen LogP contribution in [0.3, 0.4) is 0 Å². The summed E-state index contributed by atoms with van der Waals surface area (Å²) in [6.07, 6.45) is 1.05. The SMILES string of the molecule is COCCCOc1cc(C(=O)N(C[C@@H]2CNC[C@H]2C(N)C(=O)Cc2ccccc2)C(C)C)ccc1OC. The fourth-order valence-corrected chi connectivity index (χ4v) is 4.78. The Morgan fingerprint density at radius 1 is 1.05 bits per heavy atom. The Labute approximate surface area is 220 Å². The molecule has 1 amide bonds. The van der Waals surface area contributed by atoms with Crippen molar-refractivity contribution >= 4 is 11.7 Å². The van der Waals surface area contributed by atoms with Gasteiger partial charge in [0.05, 0.1) is 19.8 Å². The molecule has 1 aliphatic rings. The number of rotatable bonds is 14. The molecule has 1 aliphatic heterocycles. The van der Waals surface area contributed by atoms with Gasteiger partial charge in [0.25, 0.3) is 5.91 Å². The fraction of sp³-hybridized carbons (Fsp3) is 0.517. The van der Waals surface area contributed by atoms with Gasteiger partial charge in [-0.05, 0) is 49.4 Å². The standard InChI is InChI=1S/C29H41N3O5/c1-20(2)32(29(34)22-11-12-26(36-4)27(16-22)37-14-8-13-35-3)19-23-17-31-18-24(23)28(30)25(33)15-21-9-6-5-7-10-21/h5-7,9-12,16,20,23-24,28,31H,8,13-15,17-19,30H2,1-4H3/t23-,24+,28?/m0/s1. The van der Waals surface area contributed by atoms with E-state index in [2.05, 4.69) is 5.32 Å². The number of carbonyl (C=O) groups is 2. The zero-order valence-corrected chi connectivity index (χ0v) is 22.4. The molecule has 0 bridgehead atoms. The maximum atomic E-state index is 13.6. The van der Waals surface area contributed by atoms with Gasteiger partial charge in [0.15, 0.2) is 17.3 Å². The minimum atomic E-state index is -0.586. The van der Waals surface area contributed by atoms with Crippen molar-refractivity contribution in [1.82, 2.24) is 10.2 Å². The van der Waals surface area contributed by atoms with Crippen molar-refractivity contribution in [1.29, 1.82) is 0 Å². The van der Waals surface area contributed by atoms with Gasteiger partial charge in [-0.2, -0.15) is 0 Å². The summed E-state index contributed by atoms with van der Waals surface area (Å²) < 4.78 is 16.4. The van der Waals surface area contributed by atoms with Crippen molar-refractivity contribution in [2.75, 3.05) is 47.1 Å². The predicted molar refractivity (Wildman–Crippen MR) is 144 cm³/mol. The van der Waals surface area contributed by atoms with Crippen LogP contribution in [0.25, 0.3) is 0 Å². The number of nitrogens with one attached hydrogen (secondary N) is 1. The summed E-state index contributed by atoms with van der Waals surface area (Å²) in [5.41, 5.74) is 7.98. The van der Waals surface area contributed by atoms with Crippen molar-refractivity contribution in [2.45, 2.75) is 38.8 Å². The molecule has 1 unspecified atom stereocenters. The Morgan fingerprint density at radius 3 is 2.49 bits per heavy atom. The number of methoxy groups -OCH3 is 2. The van der Waals surface area contributed by atoms with E-state index in [-0.39, 0.29) is 29.6 Å². The Morgan fingerprint density at radius 2 is 1.81 bits per heavy atom. The second-order valence-corrected chi connectivity index (χ2v) is 9.85. The monoisotopic (exact) mass is 511 g/mol. The van der Waals surface area contributed by atoms with Gasteiger partial charge in [0.1, 0.15) is 0 Å². The third-order valence-electron chi connectivity index (χ3n) is 6.92. The summed E-state index contributed by atoms with van der Waals surface area (Å²) in [5.74, 6) is 1.08. The van der Waals surface area contributed by atoms with Crippen LogP contribution in [0.1, 0.15) is 36.2 Å². The molecule has 1 heterocycles. The first kappa shape index (κ1) is 28.6. The van der Waals surface area contributed by atoms with E-state index < -0.39 is 6.04 Å². The first-order valence-electron chi connectivity index (χ1n) is 13.0. The molecule has 0 aliphatic carbocycles. The molecular weight excluding hydrogens is 470 g/mol. The molecule has 0 spiro atoms. The van der Waals surface area contributed by atoms with Crippen molar-refractivity contribution in [3.63, 3.8) is 0 Å². The maximum absolute atomic E-state index is 13.6. The van der Waals surface area contributed by atoms with E-state index in [0.717, 1.165) is 12.0 Å². The van der Waals surface area contributed by atoms with E-state index >= 15 is 0 Å². The van der Waals surface area contributed by atoms with Gasteiger partial charge in [-0.15, -0.1) is 0 Å². The first-order valence-corrected chi connectivity index (χ1v) is 13.0. The van der Waals surface area contributed by atoms with E-state index in [9.17, 15) is 9.59 Å². The summed E-state index contributed by atoms with van der Waals surface area (Å²) in [4.78, 5) is 28.5. The first-order chi connectivity index (χ1) is 17.8. The van der Waals surface area contributed by atoms with Crippen molar-refractivity contribution in [3.8, 4) is 11.5 Å². The molecule has 0 aromatic heterocycles. The summed E-state index contributed by atoms with van der Waals surface area (Å²) >= 11 is 0. The fourth-order valence-electron chi connectivity index (χ4n) is 4.78. The third-order valence-corrected chi connectivity index (χ3v) is 6.92. The molecule has 8 nitrogen and oxygen atoms in total. The number of nitrogens with zero attached hydrogens (tertiary/aromatic N) is 1. The number of Topliss-reactive ketones (excluding diaryl/α,β-unsaturated/α-hetero) is 1. The largest absolute Gasteiger partial charge is 0.493 e. The van der Waals surface area contributed by atoms with Crippen molar-refractivity contribution in [3.05, 3.63) is 59.7 Å². The van der Waals surface area contributed by atoms with Crippen molar-refractivity contribution < 1.29 is 23.8 Å². The number of hydrogen-bond acceptors (Lipinski definition) is 7. The molecule has 8 heteroatoms. The molecule has 3 N–H and O–H groups in total. The lowest BCUT2D eigenvalue weighted by molar-refractivity contribution is -0.121. The second-order valence-electron chi connectivity index (χ2n) is 9.85. The van der Waals surface area contributed by atoms with Gasteiger partial charge in [-0.25, -0.2) is 0 Å². The number of hydrogen-bond donors (Lipinski definition) is 2. The molecule has 3 atom stereocenters. The van der Waals surface area contributed by atoms with E-state index in [0.29, 0.717) is 56.3 Å². The number of nitrogens with two attached hydrogens (primary N) is 1. The van der Waals surface area contributed by atoms with Gasteiger partial charge in [0.2, 0.25) is 0 Å². The minimum Gasteiger partial charge on any atom is -0.493 e. The van der Waals surface area contributed by atoms with Crippen LogP contribution in [0.5, 0.6) is 11.5 Å². The van der Waals surface area contributed by atoms with Crippen LogP contribution in [0.2, 0.25) is 0 Å². The van der Waals surface area contributed by atoms with Crippen LogP contribution >= 0.6 is 0 Å². The molecule has 37 heavy (non-hydrogen) atoms. The van der Waals surface area contributed by atoms with Crippen LogP contribution in [0, 0.1) is 11.8 Å². The summed E-state index contributed by atoms with van der Waals surface area (Å²) in [6, 6.07) is 14.3. The second kappa shape index (κ2) is 14.1. The van der Waals surface area contributed by atoms with Crippen LogP contribution in [-0.2, 0) is 16.0 Å². The molecule has 2 aromatic rings. The molecule has 1 saturated heterocycles. The third kappa shape index (κ3) is 7.77. The van der Waals surface area contributed by atoms with Crippen LogP contribution in [0.15, 0.2) is 48.5 Å². The smallest absolute Gasteiger partial charge is 0.254 e. The van der Waals surface area contributed by atoms with Crippen LogP contribution in [-0.4, -0.2) is 75.7 Å².